The molecule has 1 aliphatic heterocycles. The molecule has 1 N–H and O–H groups in total. The van der Waals surface area contributed by atoms with E-state index in [1.807, 2.05) is 0 Å². The smallest absolute Gasteiger partial charge is 0.0807 e. The van der Waals surface area contributed by atoms with Gasteiger partial charge in [-0.2, -0.15) is 0 Å². The van der Waals surface area contributed by atoms with Crippen LogP contribution in [0.25, 0.3) is 0 Å². The molecule has 4 fully saturated rings. The van der Waals surface area contributed by atoms with Crippen molar-refractivity contribution in [2.45, 2.75) is 142 Å². The molecule has 7 unspecified atom stereocenters. The molecule has 2 nitrogen and oxygen atoms in total. The predicted molar refractivity (Wildman–Crippen MR) is 144 cm³/mol. The van der Waals surface area contributed by atoms with Crippen LogP contribution >= 0.6 is 0 Å². The molecule has 0 bridgehead atoms. The van der Waals surface area contributed by atoms with Crippen molar-refractivity contribution in [3.63, 3.8) is 0 Å². The van der Waals surface area contributed by atoms with Crippen LogP contribution in [0.2, 0.25) is 0 Å². The van der Waals surface area contributed by atoms with Crippen molar-refractivity contribution < 1.29 is 9.84 Å². The van der Waals surface area contributed by atoms with Gasteiger partial charge in [0, 0.05) is 6.42 Å². The Kier molecular flexibility index (Phi) is 9.64. The highest BCUT2D eigenvalue weighted by molar-refractivity contribution is 5.11. The summed E-state index contributed by atoms with van der Waals surface area (Å²) in [4.78, 5) is 0. The Morgan fingerprint density at radius 2 is 1.71 bits per heavy atom. The van der Waals surface area contributed by atoms with E-state index in [0.717, 1.165) is 43.1 Å². The first kappa shape index (κ1) is 26.7. The highest BCUT2D eigenvalue weighted by Crippen LogP contribution is 2.48. The van der Waals surface area contributed by atoms with Gasteiger partial charge in [0.05, 0.1) is 18.8 Å². The van der Waals surface area contributed by atoms with Gasteiger partial charge in [-0.05, 0) is 97.9 Å². The first-order chi connectivity index (χ1) is 16.4. The van der Waals surface area contributed by atoms with Gasteiger partial charge in [-0.1, -0.05) is 78.7 Å². The summed E-state index contributed by atoms with van der Waals surface area (Å²) in [5, 5.41) is 10.4. The Morgan fingerprint density at radius 1 is 0.971 bits per heavy atom. The van der Waals surface area contributed by atoms with Gasteiger partial charge >= 0.3 is 0 Å². The number of rotatable bonds is 10. The number of aliphatic hydroxyl groups excluding tert-OH is 1. The van der Waals surface area contributed by atoms with E-state index in [4.69, 9.17) is 4.74 Å². The largest absolute Gasteiger partial charge is 0.393 e. The second kappa shape index (κ2) is 12.3. The van der Waals surface area contributed by atoms with Crippen LogP contribution < -0.4 is 0 Å². The Morgan fingerprint density at radius 3 is 2.35 bits per heavy atom. The van der Waals surface area contributed by atoms with E-state index in [-0.39, 0.29) is 6.10 Å². The molecule has 0 amide bonds. The van der Waals surface area contributed by atoms with Crippen molar-refractivity contribution in [2.24, 2.45) is 40.9 Å². The first-order valence-electron chi connectivity index (χ1n) is 15.3. The minimum absolute atomic E-state index is 0.0665. The summed E-state index contributed by atoms with van der Waals surface area (Å²) in [6.07, 6.45) is 23.1. The summed E-state index contributed by atoms with van der Waals surface area (Å²) < 4.78 is 5.95. The van der Waals surface area contributed by atoms with Gasteiger partial charge in [-0.15, -0.1) is 0 Å². The second-order valence-electron chi connectivity index (χ2n) is 13.7. The summed E-state index contributed by atoms with van der Waals surface area (Å²) in [6, 6.07) is 0. The van der Waals surface area contributed by atoms with Gasteiger partial charge in [-0.25, -0.2) is 0 Å². The second-order valence-corrected chi connectivity index (χ2v) is 13.7. The molecular formula is C32H56O2. The minimum Gasteiger partial charge on any atom is -0.393 e. The fourth-order valence-electron chi connectivity index (χ4n) is 8.58. The molecular weight excluding hydrogens is 416 g/mol. The van der Waals surface area contributed by atoms with Crippen LogP contribution in [0.15, 0.2) is 12.2 Å². The number of aliphatic hydroxyl groups is 1. The van der Waals surface area contributed by atoms with E-state index in [2.05, 4.69) is 27.4 Å². The Bertz CT molecular complexity index is 629. The lowest BCUT2D eigenvalue weighted by atomic mass is 9.62. The first-order valence-corrected chi connectivity index (χ1v) is 15.3. The normalized spacial score (nSPS) is 36.4. The fraction of sp³-hybridized carbons (Fsp3) is 0.938. The molecule has 0 aromatic carbocycles. The van der Waals surface area contributed by atoms with Gasteiger partial charge in [0.2, 0.25) is 0 Å². The number of ether oxygens (including phenoxy) is 1. The van der Waals surface area contributed by atoms with Crippen LogP contribution in [0.4, 0.5) is 0 Å². The Balaban J connectivity index is 1.43. The quantitative estimate of drug-likeness (QED) is 0.322. The molecule has 7 atom stereocenters. The predicted octanol–water partition coefficient (Wildman–Crippen LogP) is 8.72. The average molecular weight is 473 g/mol. The maximum Gasteiger partial charge on any atom is 0.0807 e. The summed E-state index contributed by atoms with van der Waals surface area (Å²) in [7, 11) is 0. The molecule has 0 aromatic rings. The van der Waals surface area contributed by atoms with E-state index in [1.54, 1.807) is 0 Å². The highest BCUT2D eigenvalue weighted by atomic mass is 16.5. The number of hydrogen-bond acceptors (Lipinski definition) is 2. The lowest BCUT2D eigenvalue weighted by molar-refractivity contribution is -0.0340. The SMILES string of the molecule is C=C(C(CCC(C1CCCCC1)C1CCCC(C)(C)C1)CC1CCC(O)C(CC)C1)C1CCO1. The standard InChI is InChI=1S/C32H56O2/c1-5-25-20-24(13-16-30(25)33)21-27(23(2)31-17-19-34-31)14-15-29(26-10-7-6-8-11-26)28-12-9-18-32(3,4)22-28/h24-31,33H,2,5-22H2,1,3-4H3. The van der Waals surface area contributed by atoms with Gasteiger partial charge < -0.3 is 9.84 Å². The van der Waals surface area contributed by atoms with E-state index in [0.29, 0.717) is 23.4 Å². The highest BCUT2D eigenvalue weighted by Gasteiger charge is 2.38. The summed E-state index contributed by atoms with van der Waals surface area (Å²) in [5.74, 6) is 4.72. The third-order valence-corrected chi connectivity index (χ3v) is 10.8. The molecule has 3 aliphatic carbocycles. The molecule has 196 valence electrons. The minimum atomic E-state index is -0.0665. The molecule has 4 rings (SSSR count). The van der Waals surface area contributed by atoms with E-state index < -0.39 is 0 Å². The van der Waals surface area contributed by atoms with Crippen molar-refractivity contribution in [1.29, 1.82) is 0 Å². The molecule has 34 heavy (non-hydrogen) atoms. The van der Waals surface area contributed by atoms with Gasteiger partial charge in [0.15, 0.2) is 0 Å². The molecule has 4 aliphatic rings. The number of hydrogen-bond donors (Lipinski definition) is 1. The molecule has 0 radical (unpaired) electrons. The third kappa shape index (κ3) is 6.90. The molecule has 1 heterocycles. The molecule has 1 saturated heterocycles. The van der Waals surface area contributed by atoms with E-state index >= 15 is 0 Å². The Labute approximate surface area is 211 Å². The zero-order chi connectivity index (χ0) is 24.1. The Hall–Kier alpha value is -0.340. The lowest BCUT2D eigenvalue weighted by Gasteiger charge is -2.44. The summed E-state index contributed by atoms with van der Waals surface area (Å²) >= 11 is 0. The fourth-order valence-corrected chi connectivity index (χ4v) is 8.58. The zero-order valence-electron chi connectivity index (χ0n) is 22.9. The van der Waals surface area contributed by atoms with Crippen LogP contribution in [-0.2, 0) is 4.74 Å². The maximum absolute atomic E-state index is 10.4. The zero-order valence-corrected chi connectivity index (χ0v) is 22.9. The van der Waals surface area contributed by atoms with Crippen molar-refractivity contribution >= 4 is 0 Å². The van der Waals surface area contributed by atoms with E-state index in [1.165, 1.54) is 102 Å². The van der Waals surface area contributed by atoms with Crippen molar-refractivity contribution in [3.05, 3.63) is 12.2 Å². The van der Waals surface area contributed by atoms with Crippen LogP contribution in [0.5, 0.6) is 0 Å². The van der Waals surface area contributed by atoms with Gasteiger partial charge in [-0.3, -0.25) is 0 Å². The van der Waals surface area contributed by atoms with Crippen molar-refractivity contribution in [3.8, 4) is 0 Å². The molecule has 0 spiro atoms. The molecule has 2 heteroatoms. The molecule has 3 saturated carbocycles. The van der Waals surface area contributed by atoms with Crippen LogP contribution in [0, 0.1) is 40.9 Å². The van der Waals surface area contributed by atoms with Crippen LogP contribution in [-0.4, -0.2) is 23.9 Å². The lowest BCUT2D eigenvalue weighted by Crippen LogP contribution is -2.35. The average Bonchev–Trinajstić information content (AvgIpc) is 2.78. The monoisotopic (exact) mass is 472 g/mol. The van der Waals surface area contributed by atoms with Gasteiger partial charge in [0.25, 0.3) is 0 Å². The van der Waals surface area contributed by atoms with Crippen LogP contribution in [0.3, 0.4) is 0 Å². The third-order valence-electron chi connectivity index (χ3n) is 10.8. The summed E-state index contributed by atoms with van der Waals surface area (Å²) in [6.45, 7) is 12.9. The molecule has 0 aromatic heterocycles. The maximum atomic E-state index is 10.4. The van der Waals surface area contributed by atoms with Crippen molar-refractivity contribution in [1.82, 2.24) is 0 Å². The van der Waals surface area contributed by atoms with Gasteiger partial charge in [0.1, 0.15) is 0 Å². The topological polar surface area (TPSA) is 29.5 Å². The van der Waals surface area contributed by atoms with Crippen LogP contribution in [0.1, 0.15) is 130 Å². The van der Waals surface area contributed by atoms with Crippen molar-refractivity contribution in [2.75, 3.05) is 6.61 Å². The van der Waals surface area contributed by atoms with E-state index in [9.17, 15) is 5.11 Å². The summed E-state index contributed by atoms with van der Waals surface area (Å²) in [5.41, 5.74) is 1.95.